The maximum Gasteiger partial charge on any atom is 0.320 e. The molecule has 0 fully saturated rings. The lowest BCUT2D eigenvalue weighted by molar-refractivity contribution is -0.140. The first-order valence-corrected chi connectivity index (χ1v) is 7.86. The highest BCUT2D eigenvalue weighted by Crippen LogP contribution is 2.35. The molecule has 0 amide bonds. The molecule has 20 heavy (non-hydrogen) atoms. The molecule has 0 aliphatic carbocycles. The Labute approximate surface area is 127 Å². The zero-order valence-corrected chi connectivity index (χ0v) is 13.1. The Bertz CT molecular complexity index is 611. The molecule has 2 N–H and O–H groups in total. The van der Waals surface area contributed by atoms with Gasteiger partial charge in [-0.25, -0.2) is 0 Å². The van der Waals surface area contributed by atoms with Gasteiger partial charge in [-0.1, -0.05) is 50.1 Å². The summed E-state index contributed by atoms with van der Waals surface area (Å²) in [7, 11) is 0. The van der Waals surface area contributed by atoms with Crippen LogP contribution in [0.25, 0.3) is 10.1 Å². The summed E-state index contributed by atoms with van der Waals surface area (Å²) >= 11 is 7.97. The number of nitrogens with one attached hydrogen (secondary N) is 1. The topological polar surface area (TPSA) is 49.3 Å². The first kappa shape index (κ1) is 15.3. The summed E-state index contributed by atoms with van der Waals surface area (Å²) in [6.45, 7) is 4.42. The minimum absolute atomic E-state index is 0.0839. The van der Waals surface area contributed by atoms with Crippen LogP contribution in [-0.2, 0) is 11.3 Å². The lowest BCUT2D eigenvalue weighted by Gasteiger charge is -2.19. The molecular weight excluding hydrogens is 294 g/mol. The van der Waals surface area contributed by atoms with Crippen LogP contribution < -0.4 is 5.32 Å². The van der Waals surface area contributed by atoms with Gasteiger partial charge in [0.1, 0.15) is 6.04 Å². The van der Waals surface area contributed by atoms with E-state index in [1.165, 1.54) is 0 Å². The van der Waals surface area contributed by atoms with E-state index in [2.05, 4.69) is 5.32 Å². The Morgan fingerprint density at radius 3 is 2.75 bits per heavy atom. The number of fused-ring (bicyclic) bond motifs is 1. The van der Waals surface area contributed by atoms with Gasteiger partial charge in [0.05, 0.1) is 5.02 Å². The quantitative estimate of drug-likeness (QED) is 0.842. The molecule has 3 nitrogen and oxygen atoms in total. The van der Waals surface area contributed by atoms with Crippen molar-refractivity contribution in [2.45, 2.75) is 32.9 Å². The average molecular weight is 312 g/mol. The first-order valence-electron chi connectivity index (χ1n) is 6.66. The highest BCUT2D eigenvalue weighted by molar-refractivity contribution is 7.19. The molecule has 0 aliphatic heterocycles. The summed E-state index contributed by atoms with van der Waals surface area (Å²) in [4.78, 5) is 12.3. The number of carboxylic acid groups (broad SMARTS) is 1. The molecule has 1 aromatic heterocycles. The van der Waals surface area contributed by atoms with Crippen molar-refractivity contribution in [1.29, 1.82) is 0 Å². The molecule has 0 spiro atoms. The van der Waals surface area contributed by atoms with Gasteiger partial charge in [-0.05, 0) is 12.0 Å². The second-order valence-corrected chi connectivity index (χ2v) is 6.43. The van der Waals surface area contributed by atoms with Crippen molar-refractivity contribution in [2.24, 2.45) is 5.92 Å². The molecule has 0 saturated heterocycles. The standard InChI is InChI=1S/C15H18ClNO2S/c1-3-9(2)14(15(18)19)17-8-12-13(16)10-6-4-5-7-11(10)20-12/h4-7,9,14,17H,3,8H2,1-2H3,(H,18,19)/t9-,14-/m0/s1. The molecular formula is C15H18ClNO2S. The van der Waals surface area contributed by atoms with E-state index in [4.69, 9.17) is 11.6 Å². The number of benzene rings is 1. The van der Waals surface area contributed by atoms with E-state index in [1.807, 2.05) is 38.1 Å². The van der Waals surface area contributed by atoms with Crippen molar-refractivity contribution >= 4 is 39.0 Å². The fraction of sp³-hybridized carbons (Fsp3) is 0.400. The molecule has 108 valence electrons. The third-order valence-electron chi connectivity index (χ3n) is 3.56. The number of hydrogen-bond acceptors (Lipinski definition) is 3. The molecule has 2 aromatic rings. The summed E-state index contributed by atoms with van der Waals surface area (Å²) in [6, 6.07) is 7.41. The molecule has 0 unspecified atom stereocenters. The Kier molecular flexibility index (Phi) is 5.02. The monoisotopic (exact) mass is 311 g/mol. The van der Waals surface area contributed by atoms with E-state index in [0.29, 0.717) is 6.54 Å². The first-order chi connectivity index (χ1) is 9.54. The van der Waals surface area contributed by atoms with Crippen LogP contribution in [0.2, 0.25) is 5.02 Å². The van der Waals surface area contributed by atoms with E-state index in [1.54, 1.807) is 11.3 Å². The predicted molar refractivity (Wildman–Crippen MR) is 84.6 cm³/mol. The zero-order valence-electron chi connectivity index (χ0n) is 11.5. The Morgan fingerprint density at radius 2 is 2.15 bits per heavy atom. The molecule has 0 bridgehead atoms. The van der Waals surface area contributed by atoms with Crippen molar-refractivity contribution in [2.75, 3.05) is 0 Å². The second kappa shape index (κ2) is 6.57. The number of rotatable bonds is 6. The van der Waals surface area contributed by atoms with Crippen molar-refractivity contribution in [3.8, 4) is 0 Å². The molecule has 1 aromatic carbocycles. The number of carbonyl (C=O) groups is 1. The Balaban J connectivity index is 2.15. The van der Waals surface area contributed by atoms with Gasteiger partial charge in [0.15, 0.2) is 0 Å². The Hall–Kier alpha value is -1.10. The van der Waals surface area contributed by atoms with Crippen molar-refractivity contribution < 1.29 is 9.90 Å². The SMILES string of the molecule is CC[C@H](C)[C@H](NCc1sc2ccccc2c1Cl)C(=O)O. The number of carboxylic acids is 1. The number of halogens is 1. The molecule has 0 aliphatic rings. The molecule has 2 atom stereocenters. The van der Waals surface area contributed by atoms with E-state index in [9.17, 15) is 9.90 Å². The van der Waals surface area contributed by atoms with Gasteiger partial charge < -0.3 is 5.11 Å². The lowest BCUT2D eigenvalue weighted by Crippen LogP contribution is -2.41. The van der Waals surface area contributed by atoms with Gasteiger partial charge >= 0.3 is 5.97 Å². The van der Waals surface area contributed by atoms with Crippen LogP contribution in [0.5, 0.6) is 0 Å². The van der Waals surface area contributed by atoms with Crippen LogP contribution in [0.1, 0.15) is 25.1 Å². The minimum atomic E-state index is -0.809. The highest BCUT2D eigenvalue weighted by Gasteiger charge is 2.23. The van der Waals surface area contributed by atoms with Gasteiger partial charge in [0, 0.05) is 21.5 Å². The van der Waals surface area contributed by atoms with Crippen LogP contribution in [0.15, 0.2) is 24.3 Å². The molecule has 1 heterocycles. The molecule has 2 rings (SSSR count). The summed E-state index contributed by atoms with van der Waals surface area (Å²) in [5.41, 5.74) is 0. The minimum Gasteiger partial charge on any atom is -0.480 e. The fourth-order valence-corrected chi connectivity index (χ4v) is 3.60. The third-order valence-corrected chi connectivity index (χ3v) is 5.28. The van der Waals surface area contributed by atoms with Crippen molar-refractivity contribution in [1.82, 2.24) is 5.32 Å². The molecule has 5 heteroatoms. The average Bonchev–Trinajstić information content (AvgIpc) is 2.75. The third kappa shape index (κ3) is 3.14. The highest BCUT2D eigenvalue weighted by atomic mass is 35.5. The summed E-state index contributed by atoms with van der Waals surface area (Å²) in [5.74, 6) is -0.725. The van der Waals surface area contributed by atoms with Crippen molar-refractivity contribution in [3.05, 3.63) is 34.2 Å². The number of thiophene rings is 1. The van der Waals surface area contributed by atoms with Gasteiger partial charge in [-0.15, -0.1) is 11.3 Å². The second-order valence-electron chi connectivity index (χ2n) is 4.92. The number of hydrogen-bond donors (Lipinski definition) is 2. The fourth-order valence-electron chi connectivity index (χ4n) is 2.15. The summed E-state index contributed by atoms with van der Waals surface area (Å²) in [6.07, 6.45) is 0.824. The van der Waals surface area contributed by atoms with Crippen molar-refractivity contribution in [3.63, 3.8) is 0 Å². The zero-order chi connectivity index (χ0) is 14.7. The number of aliphatic carboxylic acids is 1. The van der Waals surface area contributed by atoms with Crippen LogP contribution in [0.4, 0.5) is 0 Å². The summed E-state index contributed by atoms with van der Waals surface area (Å²) < 4.78 is 1.13. The van der Waals surface area contributed by atoms with Gasteiger partial charge in [0.2, 0.25) is 0 Å². The maximum atomic E-state index is 11.3. The summed E-state index contributed by atoms with van der Waals surface area (Å²) in [5, 5.41) is 14.1. The van der Waals surface area contributed by atoms with Gasteiger partial charge in [-0.3, -0.25) is 10.1 Å². The van der Waals surface area contributed by atoms with Gasteiger partial charge in [-0.2, -0.15) is 0 Å². The van der Waals surface area contributed by atoms with Crippen LogP contribution in [-0.4, -0.2) is 17.1 Å². The van der Waals surface area contributed by atoms with E-state index in [-0.39, 0.29) is 5.92 Å². The predicted octanol–water partition coefficient (Wildman–Crippen LogP) is 4.14. The van der Waals surface area contributed by atoms with Crippen LogP contribution in [0.3, 0.4) is 0 Å². The van der Waals surface area contributed by atoms with E-state index in [0.717, 1.165) is 26.4 Å². The van der Waals surface area contributed by atoms with E-state index >= 15 is 0 Å². The maximum absolute atomic E-state index is 11.3. The van der Waals surface area contributed by atoms with Gasteiger partial charge in [0.25, 0.3) is 0 Å². The molecule has 0 saturated carbocycles. The van der Waals surface area contributed by atoms with E-state index < -0.39 is 12.0 Å². The van der Waals surface area contributed by atoms with Crippen LogP contribution in [0, 0.1) is 5.92 Å². The molecule has 0 radical (unpaired) electrons. The normalized spacial score (nSPS) is 14.3. The largest absolute Gasteiger partial charge is 0.480 e. The smallest absolute Gasteiger partial charge is 0.320 e. The van der Waals surface area contributed by atoms with Crippen LogP contribution >= 0.6 is 22.9 Å². The lowest BCUT2D eigenvalue weighted by atomic mass is 9.99. The Morgan fingerprint density at radius 1 is 1.45 bits per heavy atom.